The second-order valence-corrected chi connectivity index (χ2v) is 8.09. The van der Waals surface area contributed by atoms with Crippen molar-refractivity contribution in [1.29, 1.82) is 0 Å². The number of nitrogens with zero attached hydrogens (tertiary/aromatic N) is 3. The topological polar surface area (TPSA) is 62.6 Å². The molecule has 1 aromatic heterocycles. The van der Waals surface area contributed by atoms with Crippen molar-refractivity contribution < 1.29 is 13.4 Å². The van der Waals surface area contributed by atoms with Gasteiger partial charge < -0.3 is 4.90 Å². The van der Waals surface area contributed by atoms with E-state index in [1.165, 1.54) is 29.7 Å². The average molecular weight is 335 g/mol. The third-order valence-corrected chi connectivity index (χ3v) is 3.63. The summed E-state index contributed by atoms with van der Waals surface area (Å²) in [6.07, 6.45) is 4.48. The van der Waals surface area contributed by atoms with Gasteiger partial charge in [-0.05, 0) is 24.3 Å². The molecular formula is C16H18FN3O2S. The summed E-state index contributed by atoms with van der Waals surface area (Å²) >= 11 is 0. The lowest BCUT2D eigenvalue weighted by Gasteiger charge is -2.12. The lowest BCUT2D eigenvalue weighted by Crippen LogP contribution is -2.23. The molecule has 2 aromatic rings. The third-order valence-electron chi connectivity index (χ3n) is 2.98. The highest BCUT2D eigenvalue weighted by molar-refractivity contribution is 7.92. The molecule has 23 heavy (non-hydrogen) atoms. The predicted octanol–water partition coefficient (Wildman–Crippen LogP) is 2.95. The van der Waals surface area contributed by atoms with Gasteiger partial charge in [-0.3, -0.25) is 9.78 Å². The number of hydrogen-bond donors (Lipinski definition) is 0. The summed E-state index contributed by atoms with van der Waals surface area (Å²) in [6.45, 7) is 0. The SMILES string of the molecule is CN(C)C(=O)c1cccc(-c2ccc(N=S(C)(C)=O)cn2)c1F. The Morgan fingerprint density at radius 2 is 1.91 bits per heavy atom. The van der Waals surface area contributed by atoms with E-state index in [1.807, 2.05) is 0 Å². The number of hydrogen-bond acceptors (Lipinski definition) is 4. The zero-order chi connectivity index (χ0) is 17.2. The van der Waals surface area contributed by atoms with E-state index in [1.54, 1.807) is 38.4 Å². The molecule has 0 aliphatic heterocycles. The van der Waals surface area contributed by atoms with E-state index in [0.717, 1.165) is 0 Å². The first-order chi connectivity index (χ1) is 10.7. The molecule has 0 saturated heterocycles. The van der Waals surface area contributed by atoms with Crippen molar-refractivity contribution in [3.8, 4) is 11.3 Å². The maximum Gasteiger partial charge on any atom is 0.256 e. The van der Waals surface area contributed by atoms with E-state index in [4.69, 9.17) is 0 Å². The van der Waals surface area contributed by atoms with Crippen LogP contribution in [-0.2, 0) is 9.73 Å². The quantitative estimate of drug-likeness (QED) is 0.866. The van der Waals surface area contributed by atoms with Crippen LogP contribution in [0.2, 0.25) is 0 Å². The molecule has 1 amide bonds. The summed E-state index contributed by atoms with van der Waals surface area (Å²) in [5.41, 5.74) is 1.07. The largest absolute Gasteiger partial charge is 0.345 e. The van der Waals surface area contributed by atoms with Crippen LogP contribution in [0.5, 0.6) is 0 Å². The van der Waals surface area contributed by atoms with Crippen molar-refractivity contribution in [2.45, 2.75) is 0 Å². The number of carbonyl (C=O) groups excluding carboxylic acids is 1. The van der Waals surface area contributed by atoms with Crippen molar-refractivity contribution in [1.82, 2.24) is 9.88 Å². The van der Waals surface area contributed by atoms with Crippen LogP contribution in [0.3, 0.4) is 0 Å². The fourth-order valence-electron chi connectivity index (χ4n) is 1.99. The van der Waals surface area contributed by atoms with Gasteiger partial charge in [0.15, 0.2) is 0 Å². The van der Waals surface area contributed by atoms with Crippen LogP contribution in [0.1, 0.15) is 10.4 Å². The van der Waals surface area contributed by atoms with E-state index in [2.05, 4.69) is 9.35 Å². The lowest BCUT2D eigenvalue weighted by molar-refractivity contribution is 0.0823. The van der Waals surface area contributed by atoms with Gasteiger partial charge in [0.25, 0.3) is 5.91 Å². The first-order valence-electron chi connectivity index (χ1n) is 6.83. The molecule has 0 unspecified atom stereocenters. The van der Waals surface area contributed by atoms with Gasteiger partial charge in [0.1, 0.15) is 5.82 Å². The van der Waals surface area contributed by atoms with Crippen LogP contribution in [0, 0.1) is 5.82 Å². The van der Waals surface area contributed by atoms with E-state index >= 15 is 0 Å². The summed E-state index contributed by atoms with van der Waals surface area (Å²) in [7, 11) is 0.851. The smallest absolute Gasteiger partial charge is 0.256 e. The van der Waals surface area contributed by atoms with E-state index < -0.39 is 21.5 Å². The highest BCUT2D eigenvalue weighted by Crippen LogP contribution is 2.25. The molecule has 0 bridgehead atoms. The minimum absolute atomic E-state index is 0.00630. The van der Waals surface area contributed by atoms with Gasteiger partial charge in [-0.1, -0.05) is 6.07 Å². The highest BCUT2D eigenvalue weighted by atomic mass is 32.2. The fourth-order valence-corrected chi connectivity index (χ4v) is 2.60. The van der Waals surface area contributed by atoms with Gasteiger partial charge in [-0.25, -0.2) is 8.60 Å². The molecule has 1 heterocycles. The van der Waals surface area contributed by atoms with Crippen molar-refractivity contribution in [3.63, 3.8) is 0 Å². The normalized spacial score (nSPS) is 11.2. The van der Waals surface area contributed by atoms with Crippen LogP contribution in [-0.4, -0.2) is 46.6 Å². The molecule has 0 saturated carbocycles. The Bertz CT molecular complexity index is 846. The fraction of sp³-hybridized carbons (Fsp3) is 0.250. The van der Waals surface area contributed by atoms with Crippen LogP contribution < -0.4 is 0 Å². The van der Waals surface area contributed by atoms with Gasteiger partial charge in [-0.2, -0.15) is 4.36 Å². The molecule has 122 valence electrons. The minimum Gasteiger partial charge on any atom is -0.345 e. The molecule has 2 rings (SSSR count). The number of halogens is 1. The van der Waals surface area contributed by atoms with Gasteiger partial charge in [-0.15, -0.1) is 0 Å². The van der Waals surface area contributed by atoms with Gasteiger partial charge in [0.2, 0.25) is 0 Å². The number of aromatic nitrogens is 1. The standard InChI is InChI=1S/C16H18FN3O2S/c1-20(2)16(21)13-7-5-6-12(15(13)17)14-9-8-11(10-18-14)19-23(3,4)22/h5-10H,1-4H3. The maximum atomic E-state index is 14.6. The molecule has 0 aliphatic rings. The highest BCUT2D eigenvalue weighted by Gasteiger charge is 2.17. The van der Waals surface area contributed by atoms with E-state index in [-0.39, 0.29) is 11.1 Å². The number of amides is 1. The number of benzene rings is 1. The Kier molecular flexibility index (Phi) is 4.79. The molecule has 1 aromatic carbocycles. The molecule has 0 radical (unpaired) electrons. The predicted molar refractivity (Wildman–Crippen MR) is 89.7 cm³/mol. The molecule has 5 nitrogen and oxygen atoms in total. The molecule has 0 atom stereocenters. The molecule has 7 heteroatoms. The Morgan fingerprint density at radius 1 is 1.22 bits per heavy atom. The maximum absolute atomic E-state index is 14.6. The Hall–Kier alpha value is -2.28. The zero-order valence-electron chi connectivity index (χ0n) is 13.4. The van der Waals surface area contributed by atoms with Crippen molar-refractivity contribution in [2.24, 2.45) is 4.36 Å². The zero-order valence-corrected chi connectivity index (χ0v) is 14.2. The van der Waals surface area contributed by atoms with Crippen LogP contribution in [0.25, 0.3) is 11.3 Å². The minimum atomic E-state index is -2.28. The molecule has 0 aliphatic carbocycles. The summed E-state index contributed by atoms with van der Waals surface area (Å²) < 4.78 is 30.3. The second kappa shape index (κ2) is 6.45. The summed E-state index contributed by atoms with van der Waals surface area (Å²) in [5.74, 6) is -1.02. The van der Waals surface area contributed by atoms with Crippen molar-refractivity contribution in [2.75, 3.05) is 26.6 Å². The van der Waals surface area contributed by atoms with Crippen molar-refractivity contribution in [3.05, 3.63) is 47.9 Å². The second-order valence-electron chi connectivity index (χ2n) is 5.54. The average Bonchev–Trinajstić information content (AvgIpc) is 2.46. The first kappa shape index (κ1) is 17.1. The van der Waals surface area contributed by atoms with Crippen LogP contribution >= 0.6 is 0 Å². The first-order valence-corrected chi connectivity index (χ1v) is 9.16. The Balaban J connectivity index is 2.46. The molecule has 0 fully saturated rings. The number of carbonyl (C=O) groups is 1. The summed E-state index contributed by atoms with van der Waals surface area (Å²) in [4.78, 5) is 17.4. The van der Waals surface area contributed by atoms with Crippen LogP contribution in [0.4, 0.5) is 10.1 Å². The molecule has 0 N–H and O–H groups in total. The Morgan fingerprint density at radius 3 is 2.43 bits per heavy atom. The third kappa shape index (κ3) is 4.13. The van der Waals surface area contributed by atoms with Gasteiger partial charge in [0.05, 0.1) is 23.1 Å². The Labute approximate surface area is 135 Å². The molecule has 0 spiro atoms. The van der Waals surface area contributed by atoms with E-state index in [0.29, 0.717) is 11.4 Å². The number of rotatable bonds is 3. The lowest BCUT2D eigenvalue weighted by atomic mass is 10.1. The van der Waals surface area contributed by atoms with Gasteiger partial charge >= 0.3 is 0 Å². The van der Waals surface area contributed by atoms with E-state index in [9.17, 15) is 13.4 Å². The molecular weight excluding hydrogens is 317 g/mol. The summed E-state index contributed by atoms with van der Waals surface area (Å²) in [6, 6.07) is 7.82. The number of pyridine rings is 1. The van der Waals surface area contributed by atoms with Crippen molar-refractivity contribution >= 4 is 21.3 Å². The van der Waals surface area contributed by atoms with Crippen LogP contribution in [0.15, 0.2) is 40.9 Å². The summed E-state index contributed by atoms with van der Waals surface area (Å²) in [5, 5.41) is 0. The monoisotopic (exact) mass is 335 g/mol. The van der Waals surface area contributed by atoms with Gasteiger partial charge in [0, 0.05) is 41.9 Å².